The summed E-state index contributed by atoms with van der Waals surface area (Å²) in [7, 11) is -3.02. The highest BCUT2D eigenvalue weighted by Gasteiger charge is 2.33. The van der Waals surface area contributed by atoms with Gasteiger partial charge >= 0.3 is 0 Å². The zero-order valence-corrected chi connectivity index (χ0v) is 13.7. The Morgan fingerprint density at radius 2 is 1.85 bits per heavy atom. The summed E-state index contributed by atoms with van der Waals surface area (Å²) in [6.07, 6.45) is 4.39. The molecule has 1 aromatic carbocycles. The fraction of sp³-hybridized carbons (Fsp3) is 0.571. The van der Waals surface area contributed by atoms with Crippen molar-refractivity contribution in [2.45, 2.75) is 37.0 Å². The summed E-state index contributed by atoms with van der Waals surface area (Å²) < 4.78 is 23.5. The molecule has 0 spiro atoms. The zero-order valence-electron chi connectivity index (χ0n) is 11.4. The Bertz CT molecular complexity index is 569. The van der Waals surface area contributed by atoms with E-state index in [1.807, 2.05) is 0 Å². The van der Waals surface area contributed by atoms with Crippen LogP contribution in [0.3, 0.4) is 0 Å². The molecule has 3 atom stereocenters. The van der Waals surface area contributed by atoms with E-state index in [0.29, 0.717) is 16.5 Å². The predicted molar refractivity (Wildman–Crippen MR) is 84.0 cm³/mol. The molecule has 0 bridgehead atoms. The largest absolute Gasteiger partial charge is 0.324 e. The molecule has 3 nitrogen and oxygen atoms in total. The van der Waals surface area contributed by atoms with Crippen LogP contribution in [0.25, 0.3) is 0 Å². The molecule has 1 aliphatic carbocycles. The van der Waals surface area contributed by atoms with Gasteiger partial charge in [-0.2, -0.15) is 0 Å². The van der Waals surface area contributed by atoms with E-state index in [1.165, 1.54) is 6.26 Å². The quantitative estimate of drug-likeness (QED) is 0.917. The van der Waals surface area contributed by atoms with Crippen molar-refractivity contribution >= 4 is 33.0 Å². The molecular formula is C14H19Cl2NO2S. The first-order valence-corrected chi connectivity index (χ1v) is 9.40. The van der Waals surface area contributed by atoms with Crippen molar-refractivity contribution in [1.29, 1.82) is 0 Å². The van der Waals surface area contributed by atoms with Gasteiger partial charge in [-0.05, 0) is 37.3 Å². The number of hydrogen-bond acceptors (Lipinski definition) is 3. The van der Waals surface area contributed by atoms with Gasteiger partial charge in [0, 0.05) is 27.9 Å². The topological polar surface area (TPSA) is 60.2 Å². The molecule has 2 rings (SSSR count). The van der Waals surface area contributed by atoms with Crippen molar-refractivity contribution in [3.05, 3.63) is 33.8 Å². The summed E-state index contributed by atoms with van der Waals surface area (Å²) in [5.41, 5.74) is 7.04. The van der Waals surface area contributed by atoms with Gasteiger partial charge in [0.1, 0.15) is 9.84 Å². The highest BCUT2D eigenvalue weighted by Crippen LogP contribution is 2.40. The van der Waals surface area contributed by atoms with Gasteiger partial charge in [0.15, 0.2) is 0 Å². The second-order valence-corrected chi connectivity index (χ2v) is 8.68. The van der Waals surface area contributed by atoms with Crippen molar-refractivity contribution in [3.63, 3.8) is 0 Å². The van der Waals surface area contributed by atoms with Crippen LogP contribution >= 0.6 is 23.2 Å². The molecule has 1 saturated carbocycles. The summed E-state index contributed by atoms with van der Waals surface area (Å²) in [5, 5.41) is 0.798. The summed E-state index contributed by atoms with van der Waals surface area (Å²) in [5.74, 6) is 0.0980. The summed E-state index contributed by atoms with van der Waals surface area (Å²) in [6, 6.07) is 4.99. The maximum absolute atomic E-state index is 11.7. The lowest BCUT2D eigenvalue weighted by Crippen LogP contribution is -2.33. The monoisotopic (exact) mass is 335 g/mol. The minimum Gasteiger partial charge on any atom is -0.324 e. The minimum atomic E-state index is -3.02. The maximum atomic E-state index is 11.7. The second-order valence-electron chi connectivity index (χ2n) is 5.54. The van der Waals surface area contributed by atoms with E-state index in [2.05, 4.69) is 0 Å². The fourth-order valence-corrected chi connectivity index (χ4v) is 4.80. The lowest BCUT2D eigenvalue weighted by molar-refractivity contribution is 0.309. The van der Waals surface area contributed by atoms with E-state index in [9.17, 15) is 8.42 Å². The van der Waals surface area contributed by atoms with Crippen LogP contribution in [0.1, 0.15) is 37.3 Å². The Hall–Kier alpha value is -0.290. The molecular weight excluding hydrogens is 317 g/mol. The van der Waals surface area contributed by atoms with Crippen LogP contribution in [-0.2, 0) is 9.84 Å². The molecule has 0 amide bonds. The van der Waals surface area contributed by atoms with Crippen molar-refractivity contribution in [1.82, 2.24) is 0 Å². The van der Waals surface area contributed by atoms with E-state index in [0.717, 1.165) is 24.8 Å². The van der Waals surface area contributed by atoms with Gasteiger partial charge in [0.25, 0.3) is 0 Å². The number of sulfone groups is 1. The van der Waals surface area contributed by atoms with Gasteiger partial charge in [-0.1, -0.05) is 35.7 Å². The van der Waals surface area contributed by atoms with E-state index < -0.39 is 9.84 Å². The maximum Gasteiger partial charge on any atom is 0.150 e. The molecule has 0 saturated heterocycles. The van der Waals surface area contributed by atoms with Gasteiger partial charge in [-0.25, -0.2) is 8.42 Å². The number of nitrogens with two attached hydrogens (primary N) is 1. The van der Waals surface area contributed by atoms with Crippen LogP contribution in [0, 0.1) is 5.92 Å². The van der Waals surface area contributed by atoms with E-state index >= 15 is 0 Å². The van der Waals surface area contributed by atoms with Crippen molar-refractivity contribution in [2.24, 2.45) is 11.7 Å². The standard InChI is InChI=1S/C14H19Cl2NO2S/c1-20(18,19)10-5-2-4-9(8-10)14(17)13-11(15)6-3-7-12(13)16/h3,6-7,9-10,14H,2,4-5,8,17H2,1H3. The normalized spacial score (nSPS) is 25.4. The van der Waals surface area contributed by atoms with Crippen LogP contribution in [0.2, 0.25) is 10.0 Å². The molecule has 0 heterocycles. The molecule has 2 N–H and O–H groups in total. The molecule has 112 valence electrons. The Morgan fingerprint density at radius 3 is 2.40 bits per heavy atom. The molecule has 1 fully saturated rings. The first-order valence-electron chi connectivity index (χ1n) is 6.69. The third-order valence-corrected chi connectivity index (χ3v) is 6.41. The van der Waals surface area contributed by atoms with Crippen molar-refractivity contribution < 1.29 is 8.42 Å². The van der Waals surface area contributed by atoms with Crippen LogP contribution < -0.4 is 5.73 Å². The van der Waals surface area contributed by atoms with Crippen LogP contribution in [0.5, 0.6) is 0 Å². The van der Waals surface area contributed by atoms with E-state index in [1.54, 1.807) is 18.2 Å². The molecule has 1 aliphatic rings. The predicted octanol–water partition coefficient (Wildman–Crippen LogP) is 3.60. The first kappa shape index (κ1) is 16.1. The zero-order chi connectivity index (χ0) is 14.9. The van der Waals surface area contributed by atoms with Gasteiger partial charge in [0.2, 0.25) is 0 Å². The Balaban J connectivity index is 2.23. The fourth-order valence-electron chi connectivity index (χ4n) is 2.96. The molecule has 3 unspecified atom stereocenters. The van der Waals surface area contributed by atoms with Crippen LogP contribution in [-0.4, -0.2) is 19.9 Å². The lowest BCUT2D eigenvalue weighted by Gasteiger charge is -2.32. The van der Waals surface area contributed by atoms with Gasteiger partial charge in [-0.15, -0.1) is 0 Å². The molecule has 0 radical (unpaired) electrons. The number of benzene rings is 1. The summed E-state index contributed by atoms with van der Waals surface area (Å²) >= 11 is 12.4. The minimum absolute atomic E-state index is 0.0980. The highest BCUT2D eigenvalue weighted by molar-refractivity contribution is 7.91. The number of halogens is 2. The third-order valence-electron chi connectivity index (χ3n) is 4.11. The first-order chi connectivity index (χ1) is 9.30. The van der Waals surface area contributed by atoms with E-state index in [4.69, 9.17) is 28.9 Å². The SMILES string of the molecule is CS(=O)(=O)C1CCCC(C(N)c2c(Cl)cccc2Cl)C1. The Kier molecular flexibility index (Phi) is 5.00. The van der Waals surface area contributed by atoms with E-state index in [-0.39, 0.29) is 17.2 Å². The second kappa shape index (κ2) is 6.22. The highest BCUT2D eigenvalue weighted by atomic mass is 35.5. The number of rotatable bonds is 3. The molecule has 0 aromatic heterocycles. The Labute approximate surface area is 130 Å². The summed E-state index contributed by atoms with van der Waals surface area (Å²) in [4.78, 5) is 0. The van der Waals surface area contributed by atoms with Gasteiger partial charge in [0.05, 0.1) is 5.25 Å². The van der Waals surface area contributed by atoms with Gasteiger partial charge in [-0.3, -0.25) is 0 Å². The summed E-state index contributed by atoms with van der Waals surface area (Å²) in [6.45, 7) is 0. The average molecular weight is 336 g/mol. The molecule has 6 heteroatoms. The van der Waals surface area contributed by atoms with Gasteiger partial charge < -0.3 is 5.73 Å². The van der Waals surface area contributed by atoms with Crippen LogP contribution in [0.4, 0.5) is 0 Å². The molecule has 0 aliphatic heterocycles. The smallest absolute Gasteiger partial charge is 0.150 e. The third kappa shape index (κ3) is 3.48. The van der Waals surface area contributed by atoms with Crippen LogP contribution in [0.15, 0.2) is 18.2 Å². The van der Waals surface area contributed by atoms with Crippen molar-refractivity contribution in [3.8, 4) is 0 Å². The Morgan fingerprint density at radius 1 is 1.25 bits per heavy atom. The lowest BCUT2D eigenvalue weighted by atomic mass is 9.81. The molecule has 20 heavy (non-hydrogen) atoms. The average Bonchev–Trinajstić information content (AvgIpc) is 2.37. The molecule has 1 aromatic rings. The number of hydrogen-bond donors (Lipinski definition) is 1. The van der Waals surface area contributed by atoms with Crippen molar-refractivity contribution in [2.75, 3.05) is 6.26 Å².